The van der Waals surface area contributed by atoms with Gasteiger partial charge in [-0.1, -0.05) is 6.92 Å². The molecule has 0 saturated heterocycles. The molecule has 0 atom stereocenters. The third-order valence-electron chi connectivity index (χ3n) is 3.59. The lowest BCUT2D eigenvalue weighted by Gasteiger charge is -2.20. The predicted molar refractivity (Wildman–Crippen MR) is 79.5 cm³/mol. The number of aryl methyl sites for hydroxylation is 1. The molecule has 0 unspecified atom stereocenters. The molecule has 0 aliphatic carbocycles. The first-order valence-corrected chi connectivity index (χ1v) is 7.13. The van der Waals surface area contributed by atoms with Gasteiger partial charge < -0.3 is 14.7 Å². The zero-order valence-corrected chi connectivity index (χ0v) is 13.4. The molecule has 0 aliphatic heterocycles. The minimum atomic E-state index is -4.68. The fraction of sp³-hybridized carbons (Fsp3) is 0.500. The number of aromatic nitrogens is 3. The van der Waals surface area contributed by atoms with E-state index in [-0.39, 0.29) is 42.3 Å². The smallest absolute Gasteiger partial charge is 0.432 e. The average molecular weight is 346 g/mol. The van der Waals surface area contributed by atoms with Gasteiger partial charge >= 0.3 is 12.1 Å². The lowest BCUT2D eigenvalue weighted by Crippen LogP contribution is -2.26. The van der Waals surface area contributed by atoms with Crippen LogP contribution in [0.2, 0.25) is 0 Å². The molecular weight excluding hydrogens is 329 g/mol. The average Bonchev–Trinajstić information content (AvgIpc) is 2.93. The number of fused-ring (bicyclic) bond motifs is 1. The summed E-state index contributed by atoms with van der Waals surface area (Å²) >= 11 is 0. The standard InChI is InChI=1S/C14H17F3N4O3/c1-4-8-7-9(12(22)23)11-18-19-13(20(2)5-6-24-3)21(11)10(8)14(15,16)17/h7H,4-6H2,1-3H3,(H,22,23). The number of ether oxygens (including phenoxy) is 1. The molecule has 0 saturated carbocycles. The van der Waals surface area contributed by atoms with Crippen LogP contribution in [0.4, 0.5) is 19.1 Å². The lowest BCUT2D eigenvalue weighted by molar-refractivity contribution is -0.142. The van der Waals surface area contributed by atoms with Crippen molar-refractivity contribution in [1.29, 1.82) is 0 Å². The molecule has 132 valence electrons. The number of pyridine rings is 1. The monoisotopic (exact) mass is 346 g/mol. The van der Waals surface area contributed by atoms with Crippen LogP contribution in [-0.2, 0) is 17.3 Å². The second-order valence-electron chi connectivity index (χ2n) is 5.16. The number of anilines is 1. The molecule has 1 N–H and O–H groups in total. The second kappa shape index (κ2) is 6.63. The highest BCUT2D eigenvalue weighted by atomic mass is 19.4. The number of aromatic carboxylic acids is 1. The van der Waals surface area contributed by atoms with Crippen LogP contribution in [0.3, 0.4) is 0 Å². The van der Waals surface area contributed by atoms with Crippen LogP contribution in [0.15, 0.2) is 6.07 Å². The Balaban J connectivity index is 2.82. The highest BCUT2D eigenvalue weighted by molar-refractivity contribution is 5.95. The highest BCUT2D eigenvalue weighted by Gasteiger charge is 2.39. The maximum atomic E-state index is 13.6. The minimum Gasteiger partial charge on any atom is -0.478 e. The Morgan fingerprint density at radius 1 is 1.42 bits per heavy atom. The van der Waals surface area contributed by atoms with Gasteiger partial charge in [0.1, 0.15) is 11.3 Å². The Kier molecular flexibility index (Phi) is 4.97. The summed E-state index contributed by atoms with van der Waals surface area (Å²) < 4.78 is 46.5. The largest absolute Gasteiger partial charge is 0.478 e. The molecule has 2 aromatic rings. The van der Waals surface area contributed by atoms with Crippen LogP contribution in [-0.4, -0.2) is 53.0 Å². The van der Waals surface area contributed by atoms with Crippen molar-refractivity contribution in [2.45, 2.75) is 19.5 Å². The number of rotatable bonds is 6. The van der Waals surface area contributed by atoms with E-state index in [4.69, 9.17) is 4.74 Å². The van der Waals surface area contributed by atoms with E-state index in [2.05, 4.69) is 10.2 Å². The van der Waals surface area contributed by atoms with Gasteiger partial charge in [-0.2, -0.15) is 13.2 Å². The van der Waals surface area contributed by atoms with Crippen molar-refractivity contribution in [2.75, 3.05) is 32.2 Å². The predicted octanol–water partition coefficient (Wildman–Crippen LogP) is 2.09. The van der Waals surface area contributed by atoms with Crippen LogP contribution in [0.5, 0.6) is 0 Å². The van der Waals surface area contributed by atoms with Crippen LogP contribution < -0.4 is 4.90 Å². The SMILES string of the molecule is CCc1cc(C(=O)O)c2nnc(N(C)CCOC)n2c1C(F)(F)F. The summed E-state index contributed by atoms with van der Waals surface area (Å²) in [7, 11) is 3.00. The molecule has 0 radical (unpaired) electrons. The van der Waals surface area contributed by atoms with Crippen LogP contribution in [0, 0.1) is 0 Å². The number of alkyl halides is 3. The molecule has 0 fully saturated rings. The molecule has 2 rings (SSSR count). The molecular formula is C14H17F3N4O3. The first-order chi connectivity index (χ1) is 11.2. The molecule has 0 aromatic carbocycles. The van der Waals surface area contributed by atoms with E-state index >= 15 is 0 Å². The van der Waals surface area contributed by atoms with Crippen molar-refractivity contribution in [3.05, 3.63) is 22.9 Å². The van der Waals surface area contributed by atoms with Gasteiger partial charge in [0.15, 0.2) is 5.65 Å². The first-order valence-electron chi connectivity index (χ1n) is 7.13. The van der Waals surface area contributed by atoms with Gasteiger partial charge in [0.05, 0.1) is 6.61 Å². The first kappa shape index (κ1) is 18.0. The van der Waals surface area contributed by atoms with E-state index in [0.29, 0.717) is 0 Å². The van der Waals surface area contributed by atoms with E-state index in [1.807, 2.05) is 0 Å². The van der Waals surface area contributed by atoms with Crippen molar-refractivity contribution in [3.63, 3.8) is 0 Å². The molecule has 0 aliphatic rings. The van der Waals surface area contributed by atoms with Crippen molar-refractivity contribution >= 4 is 17.6 Å². The second-order valence-corrected chi connectivity index (χ2v) is 5.16. The highest BCUT2D eigenvalue weighted by Crippen LogP contribution is 2.35. The van der Waals surface area contributed by atoms with Gasteiger partial charge in [0.2, 0.25) is 5.95 Å². The third kappa shape index (κ3) is 3.14. The number of hydrogen-bond donors (Lipinski definition) is 1. The lowest BCUT2D eigenvalue weighted by atomic mass is 10.1. The molecule has 0 spiro atoms. The Morgan fingerprint density at radius 3 is 2.58 bits per heavy atom. The number of carboxylic acids is 1. The number of carbonyl (C=O) groups is 1. The number of likely N-dealkylation sites (N-methyl/N-ethyl adjacent to an activating group) is 1. The van der Waals surface area contributed by atoms with E-state index in [9.17, 15) is 23.1 Å². The fourth-order valence-electron chi connectivity index (χ4n) is 2.42. The van der Waals surface area contributed by atoms with E-state index < -0.39 is 17.8 Å². The summed E-state index contributed by atoms with van der Waals surface area (Å²) in [6.07, 6.45) is -4.66. The molecule has 2 aromatic heterocycles. The summed E-state index contributed by atoms with van der Waals surface area (Å²) in [4.78, 5) is 12.8. The Morgan fingerprint density at radius 2 is 2.08 bits per heavy atom. The van der Waals surface area contributed by atoms with Gasteiger partial charge in [-0.25, -0.2) is 4.79 Å². The van der Waals surface area contributed by atoms with Gasteiger partial charge in [-0.3, -0.25) is 4.40 Å². The molecule has 24 heavy (non-hydrogen) atoms. The van der Waals surface area contributed by atoms with E-state index in [1.54, 1.807) is 0 Å². The van der Waals surface area contributed by atoms with Gasteiger partial charge in [0.25, 0.3) is 0 Å². The normalized spacial score (nSPS) is 11.9. The van der Waals surface area contributed by atoms with E-state index in [1.165, 1.54) is 26.0 Å². The molecule has 7 nitrogen and oxygen atoms in total. The molecule has 0 bridgehead atoms. The Labute approximate surface area is 135 Å². The Hall–Kier alpha value is -2.36. The zero-order valence-electron chi connectivity index (χ0n) is 13.4. The fourth-order valence-corrected chi connectivity index (χ4v) is 2.42. The van der Waals surface area contributed by atoms with Gasteiger partial charge in [-0.15, -0.1) is 10.2 Å². The molecule has 2 heterocycles. The number of carboxylic acid groups (broad SMARTS) is 1. The van der Waals surface area contributed by atoms with Crippen LogP contribution in [0.1, 0.15) is 28.5 Å². The third-order valence-corrected chi connectivity index (χ3v) is 3.59. The summed E-state index contributed by atoms with van der Waals surface area (Å²) in [5.41, 5.74) is -1.76. The van der Waals surface area contributed by atoms with Crippen molar-refractivity contribution in [2.24, 2.45) is 0 Å². The van der Waals surface area contributed by atoms with Crippen molar-refractivity contribution in [1.82, 2.24) is 14.6 Å². The number of nitrogens with zero attached hydrogens (tertiary/aromatic N) is 4. The van der Waals surface area contributed by atoms with Crippen LogP contribution >= 0.6 is 0 Å². The number of halogens is 3. The maximum Gasteiger partial charge on any atom is 0.432 e. The summed E-state index contributed by atoms with van der Waals surface area (Å²) in [6.45, 7) is 2.07. The van der Waals surface area contributed by atoms with Gasteiger partial charge in [0, 0.05) is 20.7 Å². The number of hydrogen-bond acceptors (Lipinski definition) is 5. The molecule has 10 heteroatoms. The van der Waals surface area contributed by atoms with Crippen LogP contribution in [0.25, 0.3) is 5.65 Å². The Bertz CT molecular complexity index is 758. The van der Waals surface area contributed by atoms with Gasteiger partial charge in [-0.05, 0) is 18.1 Å². The maximum absolute atomic E-state index is 13.6. The topological polar surface area (TPSA) is 80.0 Å². The summed E-state index contributed by atoms with van der Waals surface area (Å²) in [5.74, 6) is -1.45. The van der Waals surface area contributed by atoms with Crippen molar-refractivity contribution in [3.8, 4) is 0 Å². The molecule has 0 amide bonds. The quantitative estimate of drug-likeness (QED) is 0.863. The number of methoxy groups -OCH3 is 1. The minimum absolute atomic E-state index is 0.0183. The summed E-state index contributed by atoms with van der Waals surface area (Å²) in [5, 5.41) is 16.7. The van der Waals surface area contributed by atoms with Crippen molar-refractivity contribution < 1.29 is 27.8 Å². The van der Waals surface area contributed by atoms with E-state index in [0.717, 1.165) is 10.5 Å². The zero-order chi connectivity index (χ0) is 18.1. The summed E-state index contributed by atoms with van der Waals surface area (Å²) in [6, 6.07) is 1.01.